The number of piperidine rings is 1. The number of benzene rings is 1. The summed E-state index contributed by atoms with van der Waals surface area (Å²) >= 11 is 0. The molecule has 2 aromatic heterocycles. The Morgan fingerprint density at radius 3 is 2.50 bits per heavy atom. The number of nitrogens with zero attached hydrogens (tertiary/aromatic N) is 4. The standard InChI is InChI=1S/C30H39F2N5O/c1-6-36(18(2)3)30(38)27-14-24(31)7-8-25(27)26-13-22(17-37-20(5)34-29(32)28(26)37)23-15-35(16-23)19(4)21-9-11-33-12-10-21/h7-8,13-14,17-19,21,23,33H,6,9-12,15-16H2,1-5H3/t19-/m1/s1. The van der Waals surface area contributed by atoms with Crippen LogP contribution in [0.4, 0.5) is 8.78 Å². The third kappa shape index (κ3) is 4.84. The summed E-state index contributed by atoms with van der Waals surface area (Å²) in [6.45, 7) is 14.4. The highest BCUT2D eigenvalue weighted by Crippen LogP contribution is 2.38. The van der Waals surface area contributed by atoms with Gasteiger partial charge in [0.2, 0.25) is 5.95 Å². The molecule has 0 saturated carbocycles. The van der Waals surface area contributed by atoms with Crippen molar-refractivity contribution in [3.63, 3.8) is 0 Å². The number of amides is 1. The fourth-order valence-electron chi connectivity index (χ4n) is 6.27. The van der Waals surface area contributed by atoms with Crippen LogP contribution in [-0.4, -0.2) is 69.9 Å². The Balaban J connectivity index is 1.54. The quantitative estimate of drug-likeness (QED) is 0.460. The number of aromatic nitrogens is 2. The first-order valence-corrected chi connectivity index (χ1v) is 13.9. The monoisotopic (exact) mass is 523 g/mol. The summed E-state index contributed by atoms with van der Waals surface area (Å²) in [6, 6.07) is 6.69. The summed E-state index contributed by atoms with van der Waals surface area (Å²) in [7, 11) is 0. The highest BCUT2D eigenvalue weighted by Gasteiger charge is 2.36. The number of rotatable bonds is 7. The number of carbonyl (C=O) groups is 1. The predicted octanol–water partition coefficient (Wildman–Crippen LogP) is 5.25. The number of hydrogen-bond donors (Lipinski definition) is 1. The maximum absolute atomic E-state index is 15.2. The fourth-order valence-corrected chi connectivity index (χ4v) is 6.27. The summed E-state index contributed by atoms with van der Waals surface area (Å²) in [4.78, 5) is 21.9. The minimum atomic E-state index is -0.585. The van der Waals surface area contributed by atoms with Crippen LogP contribution in [-0.2, 0) is 0 Å². The van der Waals surface area contributed by atoms with Crippen molar-refractivity contribution < 1.29 is 13.6 Å². The van der Waals surface area contributed by atoms with Crippen molar-refractivity contribution in [3.8, 4) is 11.1 Å². The Labute approximate surface area is 224 Å². The Kier molecular flexibility index (Phi) is 7.56. The molecule has 2 saturated heterocycles. The zero-order valence-electron chi connectivity index (χ0n) is 23.1. The molecule has 0 radical (unpaired) electrons. The van der Waals surface area contributed by atoms with Gasteiger partial charge in [-0.25, -0.2) is 9.37 Å². The molecule has 4 heterocycles. The maximum atomic E-state index is 15.2. The topological polar surface area (TPSA) is 52.9 Å². The summed E-state index contributed by atoms with van der Waals surface area (Å²) in [5.74, 6) is 0.216. The van der Waals surface area contributed by atoms with Gasteiger partial charge in [-0.2, -0.15) is 4.39 Å². The van der Waals surface area contributed by atoms with Crippen LogP contribution in [0.3, 0.4) is 0 Å². The maximum Gasteiger partial charge on any atom is 0.254 e. The van der Waals surface area contributed by atoms with Crippen molar-refractivity contribution in [3.05, 3.63) is 59.2 Å². The molecule has 2 fully saturated rings. The van der Waals surface area contributed by atoms with Gasteiger partial charge in [0.05, 0.1) is 5.56 Å². The summed E-state index contributed by atoms with van der Waals surface area (Å²) in [6.07, 6.45) is 4.40. The van der Waals surface area contributed by atoms with E-state index < -0.39 is 11.8 Å². The summed E-state index contributed by atoms with van der Waals surface area (Å²) in [5.41, 5.74) is 2.75. The largest absolute Gasteiger partial charge is 0.336 e. The number of halogens is 2. The molecule has 0 spiro atoms. The van der Waals surface area contributed by atoms with Crippen molar-refractivity contribution in [2.75, 3.05) is 32.7 Å². The molecule has 1 aromatic carbocycles. The van der Waals surface area contributed by atoms with Gasteiger partial charge in [0.25, 0.3) is 5.91 Å². The smallest absolute Gasteiger partial charge is 0.254 e. The lowest BCUT2D eigenvalue weighted by molar-refractivity contribution is 0.0565. The van der Waals surface area contributed by atoms with Gasteiger partial charge in [-0.3, -0.25) is 9.69 Å². The van der Waals surface area contributed by atoms with Gasteiger partial charge in [-0.05, 0) is 95.8 Å². The van der Waals surface area contributed by atoms with Crippen LogP contribution in [0.2, 0.25) is 0 Å². The molecule has 38 heavy (non-hydrogen) atoms. The van der Waals surface area contributed by atoms with Crippen molar-refractivity contribution in [1.82, 2.24) is 24.5 Å². The minimum Gasteiger partial charge on any atom is -0.336 e. The fraction of sp³-hybridized carbons (Fsp3) is 0.533. The molecular weight excluding hydrogens is 484 g/mol. The molecule has 0 bridgehead atoms. The molecule has 8 heteroatoms. The Morgan fingerprint density at radius 1 is 1.13 bits per heavy atom. The molecule has 2 aliphatic heterocycles. The van der Waals surface area contributed by atoms with Crippen molar-refractivity contribution in [1.29, 1.82) is 0 Å². The lowest BCUT2D eigenvalue weighted by atomic mass is 9.84. The third-order valence-electron chi connectivity index (χ3n) is 8.64. The van der Waals surface area contributed by atoms with E-state index in [0.29, 0.717) is 46.9 Å². The number of imidazole rings is 1. The second kappa shape index (κ2) is 10.7. The molecular formula is C30H39F2N5O. The van der Waals surface area contributed by atoms with Gasteiger partial charge in [0.1, 0.15) is 17.2 Å². The lowest BCUT2D eigenvalue weighted by Gasteiger charge is -2.47. The van der Waals surface area contributed by atoms with E-state index in [2.05, 4.69) is 22.1 Å². The molecule has 5 rings (SSSR count). The normalized spacial score (nSPS) is 18.2. The van der Waals surface area contributed by atoms with E-state index in [-0.39, 0.29) is 17.5 Å². The third-order valence-corrected chi connectivity index (χ3v) is 8.64. The Morgan fingerprint density at radius 2 is 1.84 bits per heavy atom. The van der Waals surface area contributed by atoms with Crippen molar-refractivity contribution in [2.45, 2.75) is 65.5 Å². The van der Waals surface area contributed by atoms with Gasteiger partial charge in [0, 0.05) is 49.4 Å². The van der Waals surface area contributed by atoms with Crippen LogP contribution >= 0.6 is 0 Å². The first-order chi connectivity index (χ1) is 18.2. The molecule has 2 aliphatic rings. The zero-order chi connectivity index (χ0) is 27.1. The number of likely N-dealkylation sites (tertiary alicyclic amines) is 1. The summed E-state index contributed by atoms with van der Waals surface area (Å²) < 4.78 is 31.5. The van der Waals surface area contributed by atoms with Gasteiger partial charge < -0.3 is 14.6 Å². The van der Waals surface area contributed by atoms with E-state index in [9.17, 15) is 9.18 Å². The highest BCUT2D eigenvalue weighted by atomic mass is 19.1. The molecule has 3 aromatic rings. The number of aryl methyl sites for hydroxylation is 1. The van der Waals surface area contributed by atoms with Crippen LogP contribution in [0, 0.1) is 24.6 Å². The van der Waals surface area contributed by atoms with Gasteiger partial charge in [-0.15, -0.1) is 0 Å². The molecule has 1 atom stereocenters. The first kappa shape index (κ1) is 26.8. The number of nitrogens with one attached hydrogen (secondary N) is 1. The van der Waals surface area contributed by atoms with Crippen LogP contribution in [0.1, 0.15) is 68.2 Å². The average Bonchev–Trinajstić information content (AvgIpc) is 3.16. The van der Waals surface area contributed by atoms with E-state index in [0.717, 1.165) is 31.7 Å². The van der Waals surface area contributed by atoms with Gasteiger partial charge in [0.15, 0.2) is 0 Å². The Bertz CT molecular complexity index is 1320. The van der Waals surface area contributed by atoms with Crippen molar-refractivity contribution in [2.24, 2.45) is 5.92 Å². The molecule has 6 nitrogen and oxygen atoms in total. The second-order valence-electron chi connectivity index (χ2n) is 11.2. The first-order valence-electron chi connectivity index (χ1n) is 13.9. The predicted molar refractivity (Wildman–Crippen MR) is 146 cm³/mol. The minimum absolute atomic E-state index is 0.0492. The van der Waals surface area contributed by atoms with Gasteiger partial charge >= 0.3 is 0 Å². The van der Waals surface area contributed by atoms with E-state index in [1.54, 1.807) is 22.3 Å². The van der Waals surface area contributed by atoms with Crippen molar-refractivity contribution >= 4 is 11.4 Å². The van der Waals surface area contributed by atoms with Crippen LogP contribution in [0.5, 0.6) is 0 Å². The molecule has 204 valence electrons. The van der Waals surface area contributed by atoms with Crippen LogP contribution < -0.4 is 5.32 Å². The summed E-state index contributed by atoms with van der Waals surface area (Å²) in [5, 5.41) is 3.45. The van der Waals surface area contributed by atoms with Crippen LogP contribution in [0.15, 0.2) is 30.5 Å². The number of hydrogen-bond acceptors (Lipinski definition) is 4. The number of carbonyl (C=O) groups excluding carboxylic acids is 1. The Hall–Kier alpha value is -2.84. The molecule has 1 amide bonds. The highest BCUT2D eigenvalue weighted by molar-refractivity contribution is 6.03. The van der Waals surface area contributed by atoms with E-state index in [1.807, 2.05) is 33.0 Å². The van der Waals surface area contributed by atoms with Crippen LogP contribution in [0.25, 0.3) is 16.6 Å². The second-order valence-corrected chi connectivity index (χ2v) is 11.2. The zero-order valence-corrected chi connectivity index (χ0v) is 23.1. The molecule has 0 unspecified atom stereocenters. The van der Waals surface area contributed by atoms with E-state index in [1.165, 1.54) is 25.0 Å². The molecule has 1 N–H and O–H groups in total. The average molecular weight is 524 g/mol. The number of fused-ring (bicyclic) bond motifs is 1. The number of pyridine rings is 1. The lowest BCUT2D eigenvalue weighted by Crippen LogP contribution is -2.53. The van der Waals surface area contributed by atoms with E-state index in [4.69, 9.17) is 0 Å². The van der Waals surface area contributed by atoms with E-state index >= 15 is 4.39 Å². The SMILES string of the molecule is CCN(C(=O)c1cc(F)ccc1-c1cc(C2CN([C@H](C)C3CCNCC3)C2)cn2c(C)nc(F)c12)C(C)C. The van der Waals surface area contributed by atoms with Gasteiger partial charge in [-0.1, -0.05) is 6.07 Å². The molecule has 0 aliphatic carbocycles.